The summed E-state index contributed by atoms with van der Waals surface area (Å²) < 4.78 is 13.8. The summed E-state index contributed by atoms with van der Waals surface area (Å²) in [6.45, 7) is 0. The van der Waals surface area contributed by atoms with Gasteiger partial charge in [-0.2, -0.15) is 0 Å². The van der Waals surface area contributed by atoms with Crippen molar-refractivity contribution >= 4 is 33.4 Å². The molecule has 0 aliphatic carbocycles. The summed E-state index contributed by atoms with van der Waals surface area (Å²) in [5.41, 5.74) is 2.15. The first-order valence-corrected chi connectivity index (χ1v) is 9.06. The second-order valence-electron chi connectivity index (χ2n) is 6.78. The molecule has 0 saturated heterocycles. The zero-order chi connectivity index (χ0) is 20.7. The molecule has 29 heavy (non-hydrogen) atoms. The van der Waals surface area contributed by atoms with E-state index >= 15 is 0 Å². The van der Waals surface area contributed by atoms with Gasteiger partial charge in [0.25, 0.3) is 11.5 Å². The number of pyridine rings is 1. The number of methoxy groups -OCH3 is 2. The van der Waals surface area contributed by atoms with E-state index in [2.05, 4.69) is 5.32 Å². The summed E-state index contributed by atoms with van der Waals surface area (Å²) in [4.78, 5) is 26.0. The molecule has 1 N–H and O–H groups in total. The summed E-state index contributed by atoms with van der Waals surface area (Å²) >= 11 is 0. The fraction of sp³-hybridized carbons (Fsp3) is 0.182. The molecule has 2 heterocycles. The van der Waals surface area contributed by atoms with E-state index in [-0.39, 0.29) is 11.5 Å². The Labute approximate surface area is 167 Å². The molecule has 0 fully saturated rings. The number of nitrogens with one attached hydrogen (secondary N) is 1. The van der Waals surface area contributed by atoms with Gasteiger partial charge < -0.3 is 23.9 Å². The van der Waals surface area contributed by atoms with E-state index in [1.807, 2.05) is 35.9 Å². The molecule has 1 amide bonds. The van der Waals surface area contributed by atoms with Gasteiger partial charge in [0, 0.05) is 42.6 Å². The predicted molar refractivity (Wildman–Crippen MR) is 113 cm³/mol. The Balaban J connectivity index is 1.91. The third kappa shape index (κ3) is 2.91. The van der Waals surface area contributed by atoms with Crippen LogP contribution in [0.3, 0.4) is 0 Å². The van der Waals surface area contributed by atoms with E-state index in [1.165, 1.54) is 11.7 Å². The van der Waals surface area contributed by atoms with Gasteiger partial charge in [-0.3, -0.25) is 9.59 Å². The summed E-state index contributed by atoms with van der Waals surface area (Å²) in [7, 11) is 6.57. The topological polar surface area (TPSA) is 74.5 Å². The van der Waals surface area contributed by atoms with Gasteiger partial charge in [-0.15, -0.1) is 0 Å². The third-order valence-corrected chi connectivity index (χ3v) is 5.12. The van der Waals surface area contributed by atoms with Crippen molar-refractivity contribution in [2.24, 2.45) is 14.1 Å². The molecule has 7 heteroatoms. The van der Waals surface area contributed by atoms with Crippen LogP contribution in [0, 0.1) is 0 Å². The zero-order valence-corrected chi connectivity index (χ0v) is 16.6. The number of para-hydroxylation sites is 1. The number of aryl methyl sites for hydroxylation is 2. The molecule has 0 bridgehead atoms. The minimum absolute atomic E-state index is 0.155. The van der Waals surface area contributed by atoms with Crippen LogP contribution >= 0.6 is 0 Å². The lowest BCUT2D eigenvalue weighted by Gasteiger charge is -2.13. The lowest BCUT2D eigenvalue weighted by Crippen LogP contribution is -2.22. The van der Waals surface area contributed by atoms with Gasteiger partial charge in [0.2, 0.25) is 0 Å². The number of carbonyl (C=O) groups excluding carboxylic acids is 1. The minimum atomic E-state index is -0.328. The van der Waals surface area contributed by atoms with Gasteiger partial charge in [-0.25, -0.2) is 0 Å². The number of ether oxygens (including phenoxy) is 2. The number of aromatic nitrogens is 2. The highest BCUT2D eigenvalue weighted by Crippen LogP contribution is 2.32. The molecule has 0 spiro atoms. The first-order chi connectivity index (χ1) is 14.0. The summed E-state index contributed by atoms with van der Waals surface area (Å²) in [5.74, 6) is 0.778. The van der Waals surface area contributed by atoms with E-state index in [0.717, 1.165) is 10.9 Å². The monoisotopic (exact) mass is 391 g/mol. The lowest BCUT2D eigenvalue weighted by atomic mass is 10.1. The first kappa shape index (κ1) is 18.6. The number of fused-ring (bicyclic) bond motifs is 3. The molecule has 2 aromatic carbocycles. The van der Waals surface area contributed by atoms with Crippen molar-refractivity contribution in [1.29, 1.82) is 0 Å². The number of carbonyl (C=O) groups is 1. The summed E-state index contributed by atoms with van der Waals surface area (Å²) in [6, 6.07) is 12.8. The van der Waals surface area contributed by atoms with Crippen molar-refractivity contribution in [3.05, 3.63) is 64.6 Å². The van der Waals surface area contributed by atoms with Crippen LogP contribution in [0.25, 0.3) is 21.8 Å². The van der Waals surface area contributed by atoms with Gasteiger partial charge in [0.05, 0.1) is 25.5 Å². The normalized spacial score (nSPS) is 11.0. The van der Waals surface area contributed by atoms with Crippen molar-refractivity contribution in [3.8, 4) is 11.5 Å². The van der Waals surface area contributed by atoms with Crippen molar-refractivity contribution < 1.29 is 14.3 Å². The fourth-order valence-electron chi connectivity index (χ4n) is 3.66. The van der Waals surface area contributed by atoms with Crippen LogP contribution < -0.4 is 20.3 Å². The van der Waals surface area contributed by atoms with Gasteiger partial charge in [-0.1, -0.05) is 18.2 Å². The molecular formula is C22H21N3O4. The molecule has 0 unspecified atom stereocenters. The molecule has 4 aromatic rings. The van der Waals surface area contributed by atoms with E-state index < -0.39 is 0 Å². The Morgan fingerprint density at radius 2 is 1.79 bits per heavy atom. The van der Waals surface area contributed by atoms with E-state index in [0.29, 0.717) is 33.7 Å². The molecule has 0 saturated carbocycles. The van der Waals surface area contributed by atoms with E-state index in [1.54, 1.807) is 38.6 Å². The average Bonchev–Trinajstić information content (AvgIpc) is 3.04. The van der Waals surface area contributed by atoms with Crippen LogP contribution in [0.4, 0.5) is 5.69 Å². The largest absolute Gasteiger partial charge is 0.497 e. The molecule has 4 rings (SSSR count). The predicted octanol–water partition coefficient (Wildman–Crippen LogP) is 3.30. The molecule has 148 valence electrons. The quantitative estimate of drug-likeness (QED) is 0.579. The number of amides is 1. The maximum absolute atomic E-state index is 13.2. The SMILES string of the molecule is COc1ccc(NC(=O)c2cn(C)c(=O)c3c2c2ccccc2n3C)c(OC)c1. The van der Waals surface area contributed by atoms with Crippen molar-refractivity contribution in [2.75, 3.05) is 19.5 Å². The maximum Gasteiger partial charge on any atom is 0.274 e. The average molecular weight is 391 g/mol. The Morgan fingerprint density at radius 1 is 1.03 bits per heavy atom. The standard InChI is InChI=1S/C22H21N3O4/c1-24-12-15(21(26)23-16-10-9-13(28-3)11-18(16)29-4)19-14-7-5-6-8-17(14)25(2)20(19)22(24)27/h5-12H,1-4H3,(H,23,26). The summed E-state index contributed by atoms with van der Waals surface area (Å²) in [5, 5.41) is 4.39. The van der Waals surface area contributed by atoms with Gasteiger partial charge in [-0.05, 0) is 18.2 Å². The molecular weight excluding hydrogens is 370 g/mol. The Bertz CT molecular complexity index is 1320. The Morgan fingerprint density at radius 3 is 2.52 bits per heavy atom. The van der Waals surface area contributed by atoms with Gasteiger partial charge >= 0.3 is 0 Å². The highest BCUT2D eigenvalue weighted by molar-refractivity contribution is 6.20. The summed E-state index contributed by atoms with van der Waals surface area (Å²) in [6.07, 6.45) is 1.57. The minimum Gasteiger partial charge on any atom is -0.497 e. The number of nitrogens with zero attached hydrogens (tertiary/aromatic N) is 2. The number of anilines is 1. The van der Waals surface area contributed by atoms with Gasteiger partial charge in [0.1, 0.15) is 17.0 Å². The number of hydrogen-bond acceptors (Lipinski definition) is 4. The number of rotatable bonds is 4. The first-order valence-electron chi connectivity index (χ1n) is 9.06. The molecule has 0 aliphatic rings. The number of hydrogen-bond donors (Lipinski definition) is 1. The van der Waals surface area contributed by atoms with Crippen LogP contribution in [0.1, 0.15) is 10.4 Å². The number of benzene rings is 2. The van der Waals surface area contributed by atoms with Crippen LogP contribution in [-0.4, -0.2) is 29.3 Å². The van der Waals surface area contributed by atoms with Gasteiger partial charge in [0.15, 0.2) is 0 Å². The van der Waals surface area contributed by atoms with Crippen LogP contribution in [0.2, 0.25) is 0 Å². The molecule has 0 aliphatic heterocycles. The Hall–Kier alpha value is -3.74. The third-order valence-electron chi connectivity index (χ3n) is 5.12. The second kappa shape index (κ2) is 7.01. The molecule has 0 radical (unpaired) electrons. The van der Waals surface area contributed by atoms with Crippen LogP contribution in [-0.2, 0) is 14.1 Å². The van der Waals surface area contributed by atoms with E-state index in [9.17, 15) is 9.59 Å². The molecule has 2 aromatic heterocycles. The second-order valence-corrected chi connectivity index (χ2v) is 6.78. The highest BCUT2D eigenvalue weighted by Gasteiger charge is 2.21. The highest BCUT2D eigenvalue weighted by atomic mass is 16.5. The van der Waals surface area contributed by atoms with Crippen molar-refractivity contribution in [3.63, 3.8) is 0 Å². The van der Waals surface area contributed by atoms with Crippen LogP contribution in [0.5, 0.6) is 11.5 Å². The van der Waals surface area contributed by atoms with E-state index in [4.69, 9.17) is 9.47 Å². The smallest absolute Gasteiger partial charge is 0.274 e. The Kier molecular flexibility index (Phi) is 4.50. The van der Waals surface area contributed by atoms with Crippen LogP contribution in [0.15, 0.2) is 53.5 Å². The fourth-order valence-corrected chi connectivity index (χ4v) is 3.66. The molecule has 7 nitrogen and oxygen atoms in total. The zero-order valence-electron chi connectivity index (χ0n) is 16.6. The lowest BCUT2D eigenvalue weighted by molar-refractivity contribution is 0.102. The van der Waals surface area contributed by atoms with Crippen molar-refractivity contribution in [2.45, 2.75) is 0 Å². The maximum atomic E-state index is 13.2. The van der Waals surface area contributed by atoms with Crippen molar-refractivity contribution in [1.82, 2.24) is 9.13 Å². The molecule has 0 atom stereocenters.